The number of aliphatic carboxylic acids is 1. The highest BCUT2D eigenvalue weighted by molar-refractivity contribution is 5.75. The molecule has 0 aromatic heterocycles. The summed E-state index contributed by atoms with van der Waals surface area (Å²) in [6.07, 6.45) is 9.41. The molecule has 3 N–H and O–H groups in total. The molecule has 4 nitrogen and oxygen atoms in total. The van der Waals surface area contributed by atoms with E-state index in [4.69, 9.17) is 0 Å². The summed E-state index contributed by atoms with van der Waals surface area (Å²) < 4.78 is 0. The van der Waals surface area contributed by atoms with E-state index in [0.717, 1.165) is 44.9 Å². The molecule has 4 aliphatic carbocycles. The Morgan fingerprint density at radius 3 is 2.71 bits per heavy atom. The fraction of sp³-hybridized carbons (Fsp3) is 0.850. The minimum Gasteiger partial charge on any atom is -0.481 e. The van der Waals surface area contributed by atoms with Crippen LogP contribution in [0.1, 0.15) is 65.2 Å². The molecule has 3 fully saturated rings. The Morgan fingerprint density at radius 2 is 2.04 bits per heavy atom. The SMILES string of the molecule is C[C@@]1(C(=O)O)CCC[C@]2(C)C3=CC[C@H]4C[C@]3(CC[C@@H]12)C[C@@]4(O)CO. The van der Waals surface area contributed by atoms with Crippen LogP contribution in [0.4, 0.5) is 0 Å². The molecule has 3 saturated carbocycles. The Balaban J connectivity index is 1.77. The van der Waals surface area contributed by atoms with Crippen molar-refractivity contribution in [3.63, 3.8) is 0 Å². The number of hydrogen-bond donors (Lipinski definition) is 3. The normalized spacial score (nSPS) is 53.1. The summed E-state index contributed by atoms with van der Waals surface area (Å²) in [5, 5.41) is 30.6. The number of fused-ring (bicyclic) bond motifs is 3. The summed E-state index contributed by atoms with van der Waals surface area (Å²) in [5.74, 6) is -0.324. The number of aliphatic hydroxyl groups excluding tert-OH is 1. The second kappa shape index (κ2) is 4.85. The molecule has 4 heteroatoms. The third kappa shape index (κ3) is 1.84. The van der Waals surface area contributed by atoms with Crippen molar-refractivity contribution in [2.45, 2.75) is 70.8 Å². The van der Waals surface area contributed by atoms with E-state index >= 15 is 0 Å². The van der Waals surface area contributed by atoms with Crippen LogP contribution in [0.3, 0.4) is 0 Å². The van der Waals surface area contributed by atoms with E-state index in [9.17, 15) is 20.1 Å². The van der Waals surface area contributed by atoms with Gasteiger partial charge in [-0.15, -0.1) is 0 Å². The molecular weight excluding hydrogens is 304 g/mol. The number of rotatable bonds is 2. The Morgan fingerprint density at radius 1 is 1.29 bits per heavy atom. The standard InChI is InChI=1S/C20H30O4/c1-17-7-3-8-18(2,16(22)23)14(17)6-9-19-10-13(4-5-15(17)19)20(24,11-19)12-21/h5,13-14,21,24H,3-4,6-12H2,1-2H3,(H,22,23)/t13-,14+,17-,18+,19+,20+/m0/s1. The van der Waals surface area contributed by atoms with Crippen molar-refractivity contribution < 1.29 is 20.1 Å². The molecule has 1 spiro atoms. The van der Waals surface area contributed by atoms with Crippen LogP contribution in [0.25, 0.3) is 0 Å². The fourth-order valence-electron chi connectivity index (χ4n) is 7.31. The van der Waals surface area contributed by atoms with Crippen LogP contribution in [0, 0.1) is 28.1 Å². The number of aliphatic hydroxyl groups is 2. The van der Waals surface area contributed by atoms with Gasteiger partial charge in [0.05, 0.1) is 17.6 Å². The molecule has 0 aliphatic heterocycles. The first kappa shape index (κ1) is 16.6. The lowest BCUT2D eigenvalue weighted by Gasteiger charge is -2.60. The number of carboxylic acid groups (broad SMARTS) is 1. The quantitative estimate of drug-likeness (QED) is 0.678. The van der Waals surface area contributed by atoms with Crippen LogP contribution in [-0.2, 0) is 4.79 Å². The van der Waals surface area contributed by atoms with Crippen LogP contribution in [0.15, 0.2) is 11.6 Å². The van der Waals surface area contributed by atoms with Crippen molar-refractivity contribution >= 4 is 5.97 Å². The summed E-state index contributed by atoms with van der Waals surface area (Å²) in [6, 6.07) is 0. The molecule has 0 aromatic carbocycles. The van der Waals surface area contributed by atoms with E-state index in [2.05, 4.69) is 13.0 Å². The van der Waals surface area contributed by atoms with Crippen LogP contribution in [-0.4, -0.2) is 33.5 Å². The smallest absolute Gasteiger partial charge is 0.309 e. The monoisotopic (exact) mass is 334 g/mol. The Labute approximate surface area is 144 Å². The largest absolute Gasteiger partial charge is 0.481 e. The van der Waals surface area contributed by atoms with Gasteiger partial charge in [-0.1, -0.05) is 25.0 Å². The molecular formula is C20H30O4. The van der Waals surface area contributed by atoms with Crippen molar-refractivity contribution in [2.75, 3.05) is 6.61 Å². The first-order valence-electron chi connectivity index (χ1n) is 9.48. The molecule has 0 aromatic rings. The van der Waals surface area contributed by atoms with Crippen molar-refractivity contribution in [3.8, 4) is 0 Å². The van der Waals surface area contributed by atoms with Gasteiger partial charge in [-0.3, -0.25) is 4.79 Å². The fourth-order valence-corrected chi connectivity index (χ4v) is 7.31. The van der Waals surface area contributed by atoms with E-state index in [1.54, 1.807) is 0 Å². The zero-order chi connectivity index (χ0) is 17.4. The Hall–Kier alpha value is -0.870. The maximum atomic E-state index is 12.0. The highest BCUT2D eigenvalue weighted by atomic mass is 16.4. The van der Waals surface area contributed by atoms with Crippen LogP contribution >= 0.6 is 0 Å². The molecule has 4 aliphatic rings. The van der Waals surface area contributed by atoms with Gasteiger partial charge in [0.1, 0.15) is 0 Å². The highest BCUT2D eigenvalue weighted by Gasteiger charge is 2.65. The third-order valence-corrected chi connectivity index (χ3v) is 8.44. The second-order valence-corrected chi connectivity index (χ2v) is 9.56. The van der Waals surface area contributed by atoms with Crippen LogP contribution in [0.5, 0.6) is 0 Å². The van der Waals surface area contributed by atoms with E-state index in [1.807, 2.05) is 6.92 Å². The van der Waals surface area contributed by atoms with Gasteiger partial charge in [-0.25, -0.2) is 0 Å². The number of carbonyl (C=O) groups is 1. The van der Waals surface area contributed by atoms with Crippen molar-refractivity contribution in [1.82, 2.24) is 0 Å². The average molecular weight is 334 g/mol. The van der Waals surface area contributed by atoms with Gasteiger partial charge in [-0.05, 0) is 74.5 Å². The second-order valence-electron chi connectivity index (χ2n) is 9.56. The molecule has 0 saturated heterocycles. The first-order valence-corrected chi connectivity index (χ1v) is 9.48. The van der Waals surface area contributed by atoms with E-state index in [-0.39, 0.29) is 29.3 Å². The van der Waals surface area contributed by atoms with Gasteiger partial charge in [-0.2, -0.15) is 0 Å². The zero-order valence-corrected chi connectivity index (χ0v) is 14.8. The summed E-state index contributed by atoms with van der Waals surface area (Å²) in [4.78, 5) is 12.0. The number of allylic oxidation sites excluding steroid dienone is 2. The van der Waals surface area contributed by atoms with Gasteiger partial charge >= 0.3 is 5.97 Å². The molecule has 0 unspecified atom stereocenters. The van der Waals surface area contributed by atoms with Gasteiger partial charge in [0, 0.05) is 0 Å². The lowest BCUT2D eigenvalue weighted by Crippen LogP contribution is -2.54. The van der Waals surface area contributed by atoms with Crippen LogP contribution in [0.2, 0.25) is 0 Å². The molecule has 4 rings (SSSR count). The van der Waals surface area contributed by atoms with E-state index < -0.39 is 17.0 Å². The van der Waals surface area contributed by atoms with Crippen LogP contribution < -0.4 is 0 Å². The molecule has 0 heterocycles. The van der Waals surface area contributed by atoms with Crippen molar-refractivity contribution in [2.24, 2.45) is 28.1 Å². The predicted molar refractivity (Wildman–Crippen MR) is 90.3 cm³/mol. The topological polar surface area (TPSA) is 77.8 Å². The van der Waals surface area contributed by atoms with Gasteiger partial charge < -0.3 is 15.3 Å². The molecule has 6 atom stereocenters. The van der Waals surface area contributed by atoms with Gasteiger partial charge in [0.15, 0.2) is 0 Å². The summed E-state index contributed by atoms with van der Waals surface area (Å²) in [7, 11) is 0. The predicted octanol–water partition coefficient (Wildman–Crippen LogP) is 3.13. The number of hydrogen-bond acceptors (Lipinski definition) is 3. The lowest BCUT2D eigenvalue weighted by molar-refractivity contribution is -0.161. The average Bonchev–Trinajstić information content (AvgIpc) is 2.73. The zero-order valence-electron chi connectivity index (χ0n) is 14.8. The minimum atomic E-state index is -0.952. The van der Waals surface area contributed by atoms with Gasteiger partial charge in [0.25, 0.3) is 0 Å². The van der Waals surface area contributed by atoms with Gasteiger partial charge in [0.2, 0.25) is 0 Å². The lowest BCUT2D eigenvalue weighted by atomic mass is 9.44. The molecule has 2 bridgehead atoms. The summed E-state index contributed by atoms with van der Waals surface area (Å²) >= 11 is 0. The maximum absolute atomic E-state index is 12.0. The number of carboxylic acids is 1. The maximum Gasteiger partial charge on any atom is 0.309 e. The summed E-state index contributed by atoms with van der Waals surface area (Å²) in [5.41, 5.74) is -0.263. The Kier molecular flexibility index (Phi) is 3.35. The molecule has 24 heavy (non-hydrogen) atoms. The van der Waals surface area contributed by atoms with Crippen molar-refractivity contribution in [1.29, 1.82) is 0 Å². The summed E-state index contributed by atoms with van der Waals surface area (Å²) in [6.45, 7) is 4.06. The minimum absolute atomic E-state index is 0.0115. The van der Waals surface area contributed by atoms with E-state index in [0.29, 0.717) is 6.42 Å². The Bertz CT molecular complexity index is 613. The third-order valence-electron chi connectivity index (χ3n) is 8.44. The van der Waals surface area contributed by atoms with Crippen molar-refractivity contribution in [3.05, 3.63) is 11.6 Å². The highest BCUT2D eigenvalue weighted by Crippen LogP contribution is 2.71. The molecule has 0 radical (unpaired) electrons. The van der Waals surface area contributed by atoms with E-state index in [1.165, 1.54) is 5.57 Å². The molecule has 134 valence electrons. The molecule has 0 amide bonds. The first-order chi connectivity index (χ1) is 11.2.